The molecule has 0 unspecified atom stereocenters. The first-order valence-electron chi connectivity index (χ1n) is 8.23. The fraction of sp³-hybridized carbons (Fsp3) is 0.556. The lowest BCUT2D eigenvalue weighted by atomic mass is 9.85. The van der Waals surface area contributed by atoms with E-state index < -0.39 is 0 Å². The summed E-state index contributed by atoms with van der Waals surface area (Å²) in [5.41, 5.74) is 1.12. The maximum absolute atomic E-state index is 12.5. The number of rotatable bonds is 6. The summed E-state index contributed by atoms with van der Waals surface area (Å²) in [5.74, 6) is -0.272. The topological polar surface area (TPSA) is 67.4 Å². The summed E-state index contributed by atoms with van der Waals surface area (Å²) in [6.45, 7) is 0. The molecule has 23 heavy (non-hydrogen) atoms. The molecule has 0 bridgehead atoms. The highest BCUT2D eigenvalue weighted by atomic mass is 16.5. The van der Waals surface area contributed by atoms with E-state index >= 15 is 0 Å². The third-order valence-electron chi connectivity index (χ3n) is 4.50. The SMILES string of the molecule is CN[C@@H](Cc1ccccc1)C(=O)N[C@H]1CCC[C@@H](C(=O)OC)C1. The van der Waals surface area contributed by atoms with Crippen LogP contribution in [0.3, 0.4) is 0 Å². The zero-order chi connectivity index (χ0) is 16.7. The molecule has 0 spiro atoms. The Balaban J connectivity index is 1.90. The second-order valence-electron chi connectivity index (χ2n) is 6.12. The number of nitrogens with one attached hydrogen (secondary N) is 2. The van der Waals surface area contributed by atoms with Gasteiger partial charge in [0.15, 0.2) is 0 Å². The minimum Gasteiger partial charge on any atom is -0.469 e. The van der Waals surface area contributed by atoms with E-state index in [-0.39, 0.29) is 29.9 Å². The van der Waals surface area contributed by atoms with Crippen LogP contribution in [0.25, 0.3) is 0 Å². The number of amides is 1. The number of likely N-dealkylation sites (N-methyl/N-ethyl adjacent to an activating group) is 1. The molecule has 126 valence electrons. The van der Waals surface area contributed by atoms with Crippen molar-refractivity contribution in [1.29, 1.82) is 0 Å². The molecule has 1 aromatic rings. The van der Waals surface area contributed by atoms with Crippen molar-refractivity contribution in [2.75, 3.05) is 14.2 Å². The summed E-state index contributed by atoms with van der Waals surface area (Å²) in [5, 5.41) is 6.17. The van der Waals surface area contributed by atoms with Gasteiger partial charge in [-0.05, 0) is 38.3 Å². The second kappa shape index (κ2) is 8.67. The Morgan fingerprint density at radius 2 is 2.00 bits per heavy atom. The highest BCUT2D eigenvalue weighted by Gasteiger charge is 2.30. The van der Waals surface area contributed by atoms with E-state index in [0.29, 0.717) is 12.8 Å². The predicted molar refractivity (Wildman–Crippen MR) is 88.9 cm³/mol. The molecular weight excluding hydrogens is 292 g/mol. The smallest absolute Gasteiger partial charge is 0.308 e. The summed E-state index contributed by atoms with van der Waals surface area (Å²) >= 11 is 0. The minimum absolute atomic E-state index is 0.00753. The second-order valence-corrected chi connectivity index (χ2v) is 6.12. The van der Waals surface area contributed by atoms with Gasteiger partial charge in [-0.2, -0.15) is 0 Å². The van der Waals surface area contributed by atoms with Gasteiger partial charge in [0.25, 0.3) is 0 Å². The van der Waals surface area contributed by atoms with E-state index in [9.17, 15) is 9.59 Å². The van der Waals surface area contributed by atoms with Crippen molar-refractivity contribution in [3.8, 4) is 0 Å². The van der Waals surface area contributed by atoms with E-state index in [1.54, 1.807) is 7.05 Å². The lowest BCUT2D eigenvalue weighted by molar-refractivity contribution is -0.147. The lowest BCUT2D eigenvalue weighted by Crippen LogP contribution is -2.49. The van der Waals surface area contributed by atoms with Crippen molar-refractivity contribution in [2.45, 2.75) is 44.2 Å². The molecule has 1 aliphatic rings. The standard InChI is InChI=1S/C18H26N2O3/c1-19-16(11-13-7-4-3-5-8-13)17(21)20-15-10-6-9-14(12-15)18(22)23-2/h3-5,7-8,14-16,19H,6,9-12H2,1-2H3,(H,20,21)/t14-,15+,16+/m1/s1. The minimum atomic E-state index is -0.268. The quantitative estimate of drug-likeness (QED) is 0.783. The van der Waals surface area contributed by atoms with Crippen molar-refractivity contribution < 1.29 is 14.3 Å². The molecule has 3 atom stereocenters. The maximum Gasteiger partial charge on any atom is 0.308 e. The first-order chi connectivity index (χ1) is 11.1. The van der Waals surface area contributed by atoms with Crippen LogP contribution < -0.4 is 10.6 Å². The molecule has 2 rings (SSSR count). The Hall–Kier alpha value is -1.88. The van der Waals surface area contributed by atoms with Gasteiger partial charge in [-0.1, -0.05) is 36.8 Å². The Kier molecular flexibility index (Phi) is 6.59. The molecule has 1 amide bonds. The van der Waals surface area contributed by atoms with Crippen LogP contribution in [0.4, 0.5) is 0 Å². The Morgan fingerprint density at radius 1 is 1.26 bits per heavy atom. The van der Waals surface area contributed by atoms with Crippen LogP contribution >= 0.6 is 0 Å². The Bertz CT molecular complexity index is 518. The van der Waals surface area contributed by atoms with Crippen molar-refractivity contribution in [3.05, 3.63) is 35.9 Å². The number of carbonyl (C=O) groups excluding carboxylic acids is 2. The van der Waals surface area contributed by atoms with Gasteiger partial charge in [0.1, 0.15) is 0 Å². The van der Waals surface area contributed by atoms with Crippen molar-refractivity contribution >= 4 is 11.9 Å². The van der Waals surface area contributed by atoms with E-state index in [2.05, 4.69) is 10.6 Å². The molecule has 0 saturated heterocycles. The van der Waals surface area contributed by atoms with Gasteiger partial charge in [-0.15, -0.1) is 0 Å². The fourth-order valence-electron chi connectivity index (χ4n) is 3.18. The Morgan fingerprint density at radius 3 is 2.65 bits per heavy atom. The van der Waals surface area contributed by atoms with Crippen LogP contribution in [-0.2, 0) is 20.7 Å². The zero-order valence-corrected chi connectivity index (χ0v) is 13.9. The molecule has 0 radical (unpaired) electrons. The maximum atomic E-state index is 12.5. The lowest BCUT2D eigenvalue weighted by Gasteiger charge is -2.29. The fourth-order valence-corrected chi connectivity index (χ4v) is 3.18. The van der Waals surface area contributed by atoms with Crippen molar-refractivity contribution in [3.63, 3.8) is 0 Å². The molecule has 0 aliphatic heterocycles. The summed E-state index contributed by atoms with van der Waals surface area (Å²) < 4.78 is 4.83. The van der Waals surface area contributed by atoms with Gasteiger partial charge in [0.05, 0.1) is 19.1 Å². The number of hydrogen-bond donors (Lipinski definition) is 2. The van der Waals surface area contributed by atoms with Crippen LogP contribution in [0.5, 0.6) is 0 Å². The van der Waals surface area contributed by atoms with Crippen LogP contribution in [0.1, 0.15) is 31.2 Å². The largest absolute Gasteiger partial charge is 0.469 e. The molecule has 1 saturated carbocycles. The molecule has 1 aliphatic carbocycles. The van der Waals surface area contributed by atoms with E-state index in [4.69, 9.17) is 4.74 Å². The number of methoxy groups -OCH3 is 1. The molecular formula is C18H26N2O3. The van der Waals surface area contributed by atoms with Gasteiger partial charge >= 0.3 is 5.97 Å². The number of esters is 1. The van der Waals surface area contributed by atoms with Crippen LogP contribution in [0.2, 0.25) is 0 Å². The zero-order valence-electron chi connectivity index (χ0n) is 13.9. The molecule has 5 nitrogen and oxygen atoms in total. The summed E-state index contributed by atoms with van der Waals surface area (Å²) in [6.07, 6.45) is 4.02. The summed E-state index contributed by atoms with van der Waals surface area (Å²) in [7, 11) is 3.22. The van der Waals surface area contributed by atoms with Gasteiger partial charge in [-0.25, -0.2) is 0 Å². The molecule has 1 aromatic carbocycles. The molecule has 2 N–H and O–H groups in total. The van der Waals surface area contributed by atoms with Crippen LogP contribution in [0.15, 0.2) is 30.3 Å². The van der Waals surface area contributed by atoms with Gasteiger partial charge < -0.3 is 15.4 Å². The Labute approximate surface area is 137 Å². The molecule has 0 aromatic heterocycles. The van der Waals surface area contributed by atoms with E-state index in [1.807, 2.05) is 30.3 Å². The van der Waals surface area contributed by atoms with Gasteiger partial charge in [0.2, 0.25) is 5.91 Å². The predicted octanol–water partition coefficient (Wildman–Crippen LogP) is 1.67. The highest BCUT2D eigenvalue weighted by molar-refractivity contribution is 5.82. The third-order valence-corrected chi connectivity index (χ3v) is 4.50. The van der Waals surface area contributed by atoms with E-state index in [0.717, 1.165) is 24.8 Å². The molecule has 5 heteroatoms. The average Bonchev–Trinajstić information content (AvgIpc) is 2.60. The van der Waals surface area contributed by atoms with Gasteiger partial charge in [-0.3, -0.25) is 9.59 Å². The number of hydrogen-bond acceptors (Lipinski definition) is 4. The monoisotopic (exact) mass is 318 g/mol. The number of benzene rings is 1. The highest BCUT2D eigenvalue weighted by Crippen LogP contribution is 2.25. The summed E-state index contributed by atoms with van der Waals surface area (Å²) in [4.78, 5) is 24.2. The molecule has 0 heterocycles. The number of ether oxygens (including phenoxy) is 1. The summed E-state index contributed by atoms with van der Waals surface area (Å²) in [6, 6.07) is 9.73. The first-order valence-corrected chi connectivity index (χ1v) is 8.23. The molecule has 1 fully saturated rings. The number of carbonyl (C=O) groups is 2. The normalized spacial score (nSPS) is 22.2. The van der Waals surface area contributed by atoms with Crippen LogP contribution in [-0.4, -0.2) is 38.1 Å². The average molecular weight is 318 g/mol. The van der Waals surface area contributed by atoms with Gasteiger partial charge in [0, 0.05) is 6.04 Å². The van der Waals surface area contributed by atoms with Crippen LogP contribution in [0, 0.1) is 5.92 Å². The third kappa shape index (κ3) is 5.06. The van der Waals surface area contributed by atoms with E-state index in [1.165, 1.54) is 7.11 Å². The van der Waals surface area contributed by atoms with Crippen molar-refractivity contribution in [1.82, 2.24) is 10.6 Å². The van der Waals surface area contributed by atoms with Crippen molar-refractivity contribution in [2.24, 2.45) is 5.92 Å². The first kappa shape index (κ1) is 17.5.